The molecule has 1 fully saturated rings. The number of ether oxygens (including phenoxy) is 2. The van der Waals surface area contributed by atoms with E-state index in [9.17, 15) is 4.79 Å². The third kappa shape index (κ3) is 3.89. The van der Waals surface area contributed by atoms with Crippen LogP contribution in [0.2, 0.25) is 0 Å². The number of hydrogen-bond acceptors (Lipinski definition) is 4. The van der Waals surface area contributed by atoms with Crippen molar-refractivity contribution < 1.29 is 14.3 Å². The number of methoxy groups -OCH3 is 1. The molecule has 116 valence electrons. The van der Waals surface area contributed by atoms with Gasteiger partial charge in [0.05, 0.1) is 11.6 Å². The van der Waals surface area contributed by atoms with Crippen molar-refractivity contribution in [1.82, 2.24) is 4.90 Å². The summed E-state index contributed by atoms with van der Waals surface area (Å²) >= 11 is 3.44. The van der Waals surface area contributed by atoms with Crippen molar-refractivity contribution in [3.8, 4) is 11.5 Å². The van der Waals surface area contributed by atoms with E-state index in [0.29, 0.717) is 24.1 Å². The maximum absolute atomic E-state index is 12.2. The molecule has 1 aromatic carbocycles. The number of rotatable bonds is 7. The van der Waals surface area contributed by atoms with Gasteiger partial charge >= 0.3 is 0 Å². The molecule has 0 saturated heterocycles. The molecule has 0 aliphatic heterocycles. The van der Waals surface area contributed by atoms with E-state index < -0.39 is 0 Å². The molecule has 5 nitrogen and oxygen atoms in total. The van der Waals surface area contributed by atoms with Gasteiger partial charge in [-0.05, 0) is 53.4 Å². The van der Waals surface area contributed by atoms with Gasteiger partial charge in [-0.2, -0.15) is 0 Å². The summed E-state index contributed by atoms with van der Waals surface area (Å²) in [5.74, 6) is 1.12. The van der Waals surface area contributed by atoms with E-state index in [-0.39, 0.29) is 12.5 Å². The van der Waals surface area contributed by atoms with Crippen molar-refractivity contribution in [2.75, 3.05) is 20.3 Å². The number of carbonyl (C=O) groups excluding carboxylic acids is 1. The lowest BCUT2D eigenvalue weighted by atomic mass is 10.2. The fourth-order valence-electron chi connectivity index (χ4n) is 2.27. The molecule has 0 bridgehead atoms. The van der Waals surface area contributed by atoms with Gasteiger partial charge < -0.3 is 20.1 Å². The number of hydrogen-bond donors (Lipinski definition) is 1. The number of carbonyl (C=O) groups is 1. The number of amides is 1. The van der Waals surface area contributed by atoms with Crippen LogP contribution >= 0.6 is 15.9 Å². The van der Waals surface area contributed by atoms with Crippen molar-refractivity contribution in [3.05, 3.63) is 22.2 Å². The van der Waals surface area contributed by atoms with Gasteiger partial charge in [0.15, 0.2) is 18.1 Å². The molecule has 0 heterocycles. The quantitative estimate of drug-likeness (QED) is 0.813. The summed E-state index contributed by atoms with van der Waals surface area (Å²) in [4.78, 5) is 14.1. The van der Waals surface area contributed by atoms with Gasteiger partial charge in [0.2, 0.25) is 0 Å². The van der Waals surface area contributed by atoms with Crippen LogP contribution in [0.1, 0.15) is 25.3 Å². The van der Waals surface area contributed by atoms with Crippen LogP contribution in [0.15, 0.2) is 16.6 Å². The Labute approximate surface area is 133 Å². The van der Waals surface area contributed by atoms with Crippen LogP contribution in [0.3, 0.4) is 0 Å². The molecular weight excluding hydrogens is 336 g/mol. The average Bonchev–Trinajstić information content (AvgIpc) is 3.30. The minimum Gasteiger partial charge on any atom is -0.493 e. The Hall–Kier alpha value is -1.27. The zero-order valence-corrected chi connectivity index (χ0v) is 14.0. The molecule has 0 atom stereocenters. The molecule has 0 unspecified atom stereocenters. The van der Waals surface area contributed by atoms with Crippen LogP contribution in [0, 0.1) is 0 Å². The van der Waals surface area contributed by atoms with Gasteiger partial charge in [-0.1, -0.05) is 0 Å². The van der Waals surface area contributed by atoms with Gasteiger partial charge in [0, 0.05) is 19.1 Å². The highest BCUT2D eigenvalue weighted by Gasteiger charge is 2.31. The zero-order valence-electron chi connectivity index (χ0n) is 12.4. The molecule has 1 aliphatic carbocycles. The molecule has 2 rings (SSSR count). The van der Waals surface area contributed by atoms with Crippen LogP contribution in [0.4, 0.5) is 0 Å². The highest BCUT2D eigenvalue weighted by atomic mass is 79.9. The maximum atomic E-state index is 12.2. The molecule has 2 N–H and O–H groups in total. The molecule has 1 saturated carbocycles. The van der Waals surface area contributed by atoms with Crippen LogP contribution in [0.5, 0.6) is 11.5 Å². The highest BCUT2D eigenvalue weighted by Crippen LogP contribution is 2.36. The molecule has 0 aromatic heterocycles. The largest absolute Gasteiger partial charge is 0.493 e. The van der Waals surface area contributed by atoms with E-state index in [1.54, 1.807) is 7.11 Å². The Bertz CT molecular complexity index is 518. The normalized spacial score (nSPS) is 13.9. The topological polar surface area (TPSA) is 64.8 Å². The minimum atomic E-state index is 0.0110. The average molecular weight is 357 g/mol. The number of halogens is 1. The van der Waals surface area contributed by atoms with Crippen molar-refractivity contribution in [3.63, 3.8) is 0 Å². The third-order valence-electron chi connectivity index (χ3n) is 3.51. The SMILES string of the molecule is CCN(C(=O)COc1c(Br)cc(CN)cc1OC)C1CC1. The Kier molecular flexibility index (Phi) is 5.47. The summed E-state index contributed by atoms with van der Waals surface area (Å²) in [5, 5.41) is 0. The predicted molar refractivity (Wildman–Crippen MR) is 84.5 cm³/mol. The Morgan fingerprint density at radius 1 is 1.48 bits per heavy atom. The first-order valence-electron chi connectivity index (χ1n) is 7.09. The molecule has 0 radical (unpaired) electrons. The Morgan fingerprint density at radius 3 is 2.71 bits per heavy atom. The second-order valence-electron chi connectivity index (χ2n) is 5.01. The van der Waals surface area contributed by atoms with Gasteiger partial charge in [-0.25, -0.2) is 0 Å². The summed E-state index contributed by atoms with van der Waals surface area (Å²) in [6.07, 6.45) is 2.19. The number of likely N-dealkylation sites (N-methyl/N-ethyl adjacent to an activating group) is 1. The molecule has 21 heavy (non-hydrogen) atoms. The smallest absolute Gasteiger partial charge is 0.260 e. The first-order chi connectivity index (χ1) is 10.1. The second kappa shape index (κ2) is 7.13. The van der Waals surface area contributed by atoms with E-state index in [0.717, 1.165) is 29.4 Å². The first-order valence-corrected chi connectivity index (χ1v) is 7.88. The lowest BCUT2D eigenvalue weighted by Crippen LogP contribution is -2.36. The molecule has 1 aliphatic rings. The van der Waals surface area contributed by atoms with Gasteiger partial charge in [-0.15, -0.1) is 0 Å². The maximum Gasteiger partial charge on any atom is 0.260 e. The summed E-state index contributed by atoms with van der Waals surface area (Å²) in [6, 6.07) is 4.10. The highest BCUT2D eigenvalue weighted by molar-refractivity contribution is 9.10. The van der Waals surface area contributed by atoms with Gasteiger partial charge in [-0.3, -0.25) is 4.79 Å². The Balaban J connectivity index is 2.06. The fraction of sp³-hybridized carbons (Fsp3) is 0.533. The monoisotopic (exact) mass is 356 g/mol. The van der Waals surface area contributed by atoms with E-state index in [4.69, 9.17) is 15.2 Å². The van der Waals surface area contributed by atoms with Crippen molar-refractivity contribution in [1.29, 1.82) is 0 Å². The zero-order chi connectivity index (χ0) is 15.4. The summed E-state index contributed by atoms with van der Waals surface area (Å²) in [5.41, 5.74) is 6.57. The van der Waals surface area contributed by atoms with Gasteiger partial charge in [0.1, 0.15) is 0 Å². The summed E-state index contributed by atoms with van der Waals surface area (Å²) in [6.45, 7) is 3.14. The van der Waals surface area contributed by atoms with E-state index in [1.165, 1.54) is 0 Å². The van der Waals surface area contributed by atoms with Crippen LogP contribution in [-0.4, -0.2) is 37.1 Å². The molecule has 6 heteroatoms. The van der Waals surface area contributed by atoms with E-state index in [1.807, 2.05) is 24.0 Å². The molecule has 0 spiro atoms. The number of benzene rings is 1. The van der Waals surface area contributed by atoms with Crippen molar-refractivity contribution in [2.45, 2.75) is 32.4 Å². The van der Waals surface area contributed by atoms with Crippen LogP contribution < -0.4 is 15.2 Å². The lowest BCUT2D eigenvalue weighted by Gasteiger charge is -2.21. The predicted octanol–water partition coefficient (Wildman–Crippen LogP) is 2.31. The summed E-state index contributed by atoms with van der Waals surface area (Å²) < 4.78 is 11.7. The van der Waals surface area contributed by atoms with Gasteiger partial charge in [0.25, 0.3) is 5.91 Å². The van der Waals surface area contributed by atoms with Crippen LogP contribution in [0.25, 0.3) is 0 Å². The van der Waals surface area contributed by atoms with Crippen molar-refractivity contribution in [2.24, 2.45) is 5.73 Å². The second-order valence-corrected chi connectivity index (χ2v) is 5.87. The van der Waals surface area contributed by atoms with Crippen molar-refractivity contribution >= 4 is 21.8 Å². The number of nitrogens with zero attached hydrogens (tertiary/aromatic N) is 1. The molecule has 1 amide bonds. The first kappa shape index (κ1) is 16.1. The molecular formula is C15H21BrN2O3. The fourth-order valence-corrected chi connectivity index (χ4v) is 2.88. The number of nitrogens with two attached hydrogens (primary N) is 1. The van der Waals surface area contributed by atoms with E-state index >= 15 is 0 Å². The van der Waals surface area contributed by atoms with E-state index in [2.05, 4.69) is 15.9 Å². The Morgan fingerprint density at radius 2 is 2.19 bits per heavy atom. The molecule has 1 aromatic rings. The summed E-state index contributed by atoms with van der Waals surface area (Å²) in [7, 11) is 1.57. The third-order valence-corrected chi connectivity index (χ3v) is 4.10. The standard InChI is InChI=1S/C15H21BrN2O3/c1-3-18(11-4-5-11)14(19)9-21-15-12(16)6-10(8-17)7-13(15)20-2/h6-7,11H,3-5,8-9,17H2,1-2H3. The lowest BCUT2D eigenvalue weighted by molar-refractivity contribution is -0.133. The van der Waals surface area contributed by atoms with Crippen LogP contribution in [-0.2, 0) is 11.3 Å². The minimum absolute atomic E-state index is 0.0110.